The van der Waals surface area contributed by atoms with E-state index in [-0.39, 0.29) is 11.8 Å². The molecule has 1 aromatic carbocycles. The van der Waals surface area contributed by atoms with Gasteiger partial charge in [0.15, 0.2) is 17.7 Å². The van der Waals surface area contributed by atoms with Crippen LogP contribution in [0.5, 0.6) is 11.5 Å². The first-order valence-electron chi connectivity index (χ1n) is 9.99. The highest BCUT2D eigenvalue weighted by atomic mass is 16.5. The minimum absolute atomic E-state index is 0.308. The van der Waals surface area contributed by atoms with E-state index in [1.165, 1.54) is 0 Å². The van der Waals surface area contributed by atoms with E-state index in [4.69, 9.17) is 19.2 Å². The second kappa shape index (κ2) is 7.95. The molecule has 4 rings (SSSR count). The van der Waals surface area contributed by atoms with Gasteiger partial charge in [0.25, 0.3) is 0 Å². The highest BCUT2D eigenvalue weighted by Gasteiger charge is 2.26. The Bertz CT molecular complexity index is 1120. The van der Waals surface area contributed by atoms with Crippen molar-refractivity contribution in [2.24, 2.45) is 4.99 Å². The van der Waals surface area contributed by atoms with Crippen LogP contribution < -0.4 is 9.47 Å². The number of pyridine rings is 1. The summed E-state index contributed by atoms with van der Waals surface area (Å²) in [7, 11) is 3.28. The number of para-hydroxylation sites is 1. The Labute approximate surface area is 176 Å². The molecule has 0 aliphatic carbocycles. The molecular formula is C24H27N3O3. The van der Waals surface area contributed by atoms with Crippen LogP contribution in [0.15, 0.2) is 53.8 Å². The summed E-state index contributed by atoms with van der Waals surface area (Å²) in [6, 6.07) is 9.84. The topological polar surface area (TPSA) is 68.7 Å². The first-order chi connectivity index (χ1) is 14.4. The van der Waals surface area contributed by atoms with Gasteiger partial charge >= 0.3 is 0 Å². The Hall–Kier alpha value is -3.12. The Balaban J connectivity index is 1.84. The van der Waals surface area contributed by atoms with Gasteiger partial charge in [-0.2, -0.15) is 0 Å². The van der Waals surface area contributed by atoms with E-state index in [1.807, 2.05) is 51.2 Å². The molecule has 0 saturated carbocycles. The monoisotopic (exact) mass is 405 g/mol. The standard InChI is InChI=1S/C24H27N3O3/c1-24(2,3)30-21-13-15(18-14-26-23-16(18)9-7-11-25-23)12-19(27-21)17-8-6-10-20(28-4)22(17)29-5/h6-12,14,21H,13H2,1-5H3,(H,25,26). The zero-order chi connectivity index (χ0) is 21.3. The van der Waals surface area contributed by atoms with E-state index >= 15 is 0 Å². The summed E-state index contributed by atoms with van der Waals surface area (Å²) in [5.74, 6) is 1.33. The van der Waals surface area contributed by atoms with E-state index in [9.17, 15) is 0 Å². The number of nitrogens with one attached hydrogen (secondary N) is 1. The quantitative estimate of drug-likeness (QED) is 0.649. The highest BCUT2D eigenvalue weighted by Crippen LogP contribution is 2.36. The molecule has 1 aliphatic rings. The number of aliphatic imine (C=N–C) groups is 1. The molecule has 30 heavy (non-hydrogen) atoms. The molecule has 156 valence electrons. The van der Waals surface area contributed by atoms with Gasteiger partial charge in [-0.05, 0) is 56.7 Å². The lowest BCUT2D eigenvalue weighted by Gasteiger charge is -2.29. The molecule has 6 nitrogen and oxygen atoms in total. The van der Waals surface area contributed by atoms with Crippen molar-refractivity contribution in [1.82, 2.24) is 9.97 Å². The van der Waals surface area contributed by atoms with Crippen LogP contribution in [0.3, 0.4) is 0 Å². The number of allylic oxidation sites excluding steroid dienone is 1. The maximum Gasteiger partial charge on any atom is 0.170 e. The molecule has 0 amide bonds. The SMILES string of the molecule is COc1cccc(C2=NC(OC(C)(C)C)CC(c3c[nH]c4ncccc34)=C2)c1OC. The summed E-state index contributed by atoms with van der Waals surface area (Å²) >= 11 is 0. The first kappa shape index (κ1) is 20.2. The van der Waals surface area contributed by atoms with E-state index < -0.39 is 0 Å². The Morgan fingerprint density at radius 1 is 1.03 bits per heavy atom. The summed E-state index contributed by atoms with van der Waals surface area (Å²) in [4.78, 5) is 12.6. The molecule has 0 radical (unpaired) electrons. The number of benzene rings is 1. The Morgan fingerprint density at radius 3 is 2.60 bits per heavy atom. The van der Waals surface area contributed by atoms with Crippen LogP contribution in [0, 0.1) is 0 Å². The van der Waals surface area contributed by atoms with Crippen molar-refractivity contribution in [2.75, 3.05) is 14.2 Å². The van der Waals surface area contributed by atoms with Gasteiger partial charge in [-0.15, -0.1) is 0 Å². The smallest absolute Gasteiger partial charge is 0.170 e. The lowest BCUT2D eigenvalue weighted by Crippen LogP contribution is -2.29. The minimum Gasteiger partial charge on any atom is -0.493 e. The van der Waals surface area contributed by atoms with E-state index in [0.717, 1.165) is 33.4 Å². The van der Waals surface area contributed by atoms with Gasteiger partial charge in [-0.3, -0.25) is 4.99 Å². The number of aromatic amines is 1. The fourth-order valence-corrected chi connectivity index (χ4v) is 3.77. The molecule has 1 N–H and O–H groups in total. The predicted octanol–water partition coefficient (Wildman–Crippen LogP) is 5.00. The average Bonchev–Trinajstić information content (AvgIpc) is 3.15. The molecule has 1 unspecified atom stereocenters. The number of nitrogens with zero attached hydrogens (tertiary/aromatic N) is 2. The molecule has 0 saturated heterocycles. The molecule has 0 fully saturated rings. The number of H-pyrrole nitrogens is 1. The molecule has 1 atom stereocenters. The van der Waals surface area contributed by atoms with Gasteiger partial charge in [0.05, 0.1) is 25.5 Å². The summed E-state index contributed by atoms with van der Waals surface area (Å²) < 4.78 is 17.4. The van der Waals surface area contributed by atoms with E-state index in [0.29, 0.717) is 17.9 Å². The van der Waals surface area contributed by atoms with Gasteiger partial charge in [-0.1, -0.05) is 6.07 Å². The first-order valence-corrected chi connectivity index (χ1v) is 9.99. The fraction of sp³-hybridized carbons (Fsp3) is 0.333. The Morgan fingerprint density at radius 2 is 1.87 bits per heavy atom. The van der Waals surface area contributed by atoms with Gasteiger partial charge in [0.2, 0.25) is 0 Å². The third-order valence-electron chi connectivity index (χ3n) is 4.95. The number of dihydropyridines is 1. The van der Waals surface area contributed by atoms with Gasteiger partial charge in [0, 0.05) is 35.3 Å². The van der Waals surface area contributed by atoms with Crippen molar-refractivity contribution >= 4 is 22.3 Å². The van der Waals surface area contributed by atoms with Crippen LogP contribution in [0.2, 0.25) is 0 Å². The molecule has 0 spiro atoms. The zero-order valence-corrected chi connectivity index (χ0v) is 18.0. The van der Waals surface area contributed by atoms with Crippen molar-refractivity contribution in [3.8, 4) is 11.5 Å². The number of aromatic nitrogens is 2. The second-order valence-corrected chi connectivity index (χ2v) is 8.22. The molecule has 3 heterocycles. The molecule has 1 aliphatic heterocycles. The van der Waals surface area contributed by atoms with Gasteiger partial charge < -0.3 is 19.2 Å². The lowest BCUT2D eigenvalue weighted by molar-refractivity contribution is -0.0530. The lowest BCUT2D eigenvalue weighted by atomic mass is 9.95. The molecule has 3 aromatic rings. The highest BCUT2D eigenvalue weighted by molar-refractivity contribution is 6.16. The second-order valence-electron chi connectivity index (χ2n) is 8.22. The van der Waals surface area contributed by atoms with Crippen LogP contribution in [-0.4, -0.2) is 41.7 Å². The third kappa shape index (κ3) is 3.96. The summed E-state index contributed by atoms with van der Waals surface area (Å²) in [5.41, 5.74) is 4.47. The van der Waals surface area contributed by atoms with E-state index in [2.05, 4.69) is 22.1 Å². The van der Waals surface area contributed by atoms with Gasteiger partial charge in [-0.25, -0.2) is 4.98 Å². The van der Waals surface area contributed by atoms with Crippen LogP contribution in [0.4, 0.5) is 0 Å². The van der Waals surface area contributed by atoms with Gasteiger partial charge in [0.1, 0.15) is 5.65 Å². The van der Waals surface area contributed by atoms with Crippen molar-refractivity contribution < 1.29 is 14.2 Å². The van der Waals surface area contributed by atoms with Crippen molar-refractivity contribution in [1.29, 1.82) is 0 Å². The number of methoxy groups -OCH3 is 2. The number of hydrogen-bond acceptors (Lipinski definition) is 5. The number of hydrogen-bond donors (Lipinski definition) is 1. The zero-order valence-electron chi connectivity index (χ0n) is 18.0. The minimum atomic E-state index is -0.317. The summed E-state index contributed by atoms with van der Waals surface area (Å²) in [6.07, 6.45) is 6.27. The molecular weight excluding hydrogens is 378 g/mol. The van der Waals surface area contributed by atoms with E-state index in [1.54, 1.807) is 20.4 Å². The fourth-order valence-electron chi connectivity index (χ4n) is 3.77. The number of fused-ring (bicyclic) bond motifs is 1. The van der Waals surface area contributed by atoms with Crippen LogP contribution in [-0.2, 0) is 4.74 Å². The van der Waals surface area contributed by atoms with Crippen LogP contribution >= 0.6 is 0 Å². The molecule has 0 bridgehead atoms. The molecule has 6 heteroatoms. The average molecular weight is 405 g/mol. The summed E-state index contributed by atoms with van der Waals surface area (Å²) in [6.45, 7) is 6.13. The van der Waals surface area contributed by atoms with Crippen molar-refractivity contribution in [3.63, 3.8) is 0 Å². The number of ether oxygens (including phenoxy) is 3. The van der Waals surface area contributed by atoms with Crippen molar-refractivity contribution in [3.05, 3.63) is 59.9 Å². The molecule has 2 aromatic heterocycles. The summed E-state index contributed by atoms with van der Waals surface area (Å²) in [5, 5.41) is 1.08. The number of rotatable bonds is 5. The third-order valence-corrected chi connectivity index (χ3v) is 4.95. The normalized spacial score (nSPS) is 16.9. The Kier molecular flexibility index (Phi) is 5.35. The van der Waals surface area contributed by atoms with Crippen LogP contribution in [0.1, 0.15) is 38.3 Å². The maximum absolute atomic E-state index is 6.27. The maximum atomic E-state index is 6.27. The van der Waals surface area contributed by atoms with Crippen molar-refractivity contribution in [2.45, 2.75) is 39.0 Å². The largest absolute Gasteiger partial charge is 0.493 e. The predicted molar refractivity (Wildman–Crippen MR) is 119 cm³/mol. The van der Waals surface area contributed by atoms with Crippen LogP contribution in [0.25, 0.3) is 16.6 Å².